The second-order valence-corrected chi connectivity index (χ2v) is 5.20. The molecule has 0 fully saturated rings. The Morgan fingerprint density at radius 3 is 2.58 bits per heavy atom. The first kappa shape index (κ1) is 19.1. The number of benzene rings is 2. The standard InChI is InChI=1S/C20H20O6/c1-3-25-18-9-5-6-14(20(18)24-2)10-11-17(21)15-7-4-8-16(12-15)26-13-19(22)23/h4-12H,3,13H2,1-2H3,(H,22,23)/p-1/b11-10+. The van der Waals surface area contributed by atoms with Gasteiger partial charge in [-0.1, -0.05) is 24.3 Å². The van der Waals surface area contributed by atoms with Crippen LogP contribution in [-0.4, -0.2) is 32.1 Å². The zero-order valence-corrected chi connectivity index (χ0v) is 14.6. The lowest BCUT2D eigenvalue weighted by Gasteiger charge is -2.11. The van der Waals surface area contributed by atoms with Gasteiger partial charge in [-0.25, -0.2) is 0 Å². The number of hydrogen-bond donors (Lipinski definition) is 0. The summed E-state index contributed by atoms with van der Waals surface area (Å²) in [5.74, 6) is -0.160. The average Bonchev–Trinajstić information content (AvgIpc) is 2.65. The molecule has 26 heavy (non-hydrogen) atoms. The summed E-state index contributed by atoms with van der Waals surface area (Å²) in [4.78, 5) is 22.8. The molecule has 0 radical (unpaired) electrons. The molecule has 0 N–H and O–H groups in total. The average molecular weight is 355 g/mol. The van der Waals surface area contributed by atoms with Crippen molar-refractivity contribution in [3.63, 3.8) is 0 Å². The molecule has 0 spiro atoms. The van der Waals surface area contributed by atoms with Gasteiger partial charge < -0.3 is 24.1 Å². The first-order valence-electron chi connectivity index (χ1n) is 8.00. The normalized spacial score (nSPS) is 10.5. The molecule has 0 heterocycles. The summed E-state index contributed by atoms with van der Waals surface area (Å²) in [5, 5.41) is 10.4. The number of carbonyl (C=O) groups is 2. The number of allylic oxidation sites excluding steroid dienone is 1. The molecule has 2 aromatic carbocycles. The Balaban J connectivity index is 2.18. The highest BCUT2D eigenvalue weighted by atomic mass is 16.5. The van der Waals surface area contributed by atoms with Crippen molar-refractivity contribution in [3.05, 3.63) is 59.7 Å². The molecule has 136 valence electrons. The van der Waals surface area contributed by atoms with Gasteiger partial charge in [-0.3, -0.25) is 4.79 Å². The Morgan fingerprint density at radius 1 is 1.12 bits per heavy atom. The monoisotopic (exact) mass is 355 g/mol. The zero-order chi connectivity index (χ0) is 18.9. The van der Waals surface area contributed by atoms with E-state index in [1.807, 2.05) is 19.1 Å². The molecule has 0 atom stereocenters. The van der Waals surface area contributed by atoms with Crippen LogP contribution in [0, 0.1) is 0 Å². The number of methoxy groups -OCH3 is 1. The van der Waals surface area contributed by atoms with E-state index in [-0.39, 0.29) is 11.5 Å². The lowest BCUT2D eigenvalue weighted by atomic mass is 10.1. The van der Waals surface area contributed by atoms with Gasteiger partial charge in [0, 0.05) is 11.1 Å². The minimum atomic E-state index is -1.33. The summed E-state index contributed by atoms with van der Waals surface area (Å²) in [5.41, 5.74) is 1.08. The van der Waals surface area contributed by atoms with Crippen molar-refractivity contribution >= 4 is 17.8 Å². The maximum atomic E-state index is 12.4. The van der Waals surface area contributed by atoms with Crippen molar-refractivity contribution in [3.8, 4) is 17.2 Å². The van der Waals surface area contributed by atoms with Crippen LogP contribution in [0.2, 0.25) is 0 Å². The minimum Gasteiger partial charge on any atom is -0.546 e. The second kappa shape index (κ2) is 9.27. The summed E-state index contributed by atoms with van der Waals surface area (Å²) in [7, 11) is 1.54. The molecular weight excluding hydrogens is 336 g/mol. The first-order valence-corrected chi connectivity index (χ1v) is 8.00. The zero-order valence-electron chi connectivity index (χ0n) is 14.6. The van der Waals surface area contributed by atoms with Crippen molar-refractivity contribution in [2.24, 2.45) is 0 Å². The summed E-state index contributed by atoms with van der Waals surface area (Å²) >= 11 is 0. The van der Waals surface area contributed by atoms with E-state index >= 15 is 0 Å². The summed E-state index contributed by atoms with van der Waals surface area (Å²) in [6, 6.07) is 11.7. The molecule has 6 nitrogen and oxygen atoms in total. The predicted octanol–water partition coefficient (Wildman–Crippen LogP) is 2.12. The molecule has 0 saturated carbocycles. The van der Waals surface area contributed by atoms with Crippen LogP contribution in [0.15, 0.2) is 48.5 Å². The number of carboxylic acid groups (broad SMARTS) is 1. The van der Waals surface area contributed by atoms with Crippen LogP contribution in [0.5, 0.6) is 17.2 Å². The molecule has 0 aromatic heterocycles. The van der Waals surface area contributed by atoms with Gasteiger partial charge in [0.2, 0.25) is 0 Å². The van der Waals surface area contributed by atoms with Crippen LogP contribution >= 0.6 is 0 Å². The predicted molar refractivity (Wildman–Crippen MR) is 94.5 cm³/mol. The largest absolute Gasteiger partial charge is 0.546 e. The summed E-state index contributed by atoms with van der Waals surface area (Å²) in [6.07, 6.45) is 3.05. The van der Waals surface area contributed by atoms with E-state index < -0.39 is 12.6 Å². The minimum absolute atomic E-state index is 0.257. The van der Waals surface area contributed by atoms with Gasteiger partial charge in [-0.05, 0) is 37.3 Å². The molecule has 0 bridgehead atoms. The molecule has 0 aliphatic rings. The third-order valence-electron chi connectivity index (χ3n) is 3.40. The Hall–Kier alpha value is -3.28. The van der Waals surface area contributed by atoms with E-state index in [9.17, 15) is 14.7 Å². The number of ether oxygens (including phenoxy) is 3. The first-order chi connectivity index (χ1) is 12.5. The lowest BCUT2D eigenvalue weighted by molar-refractivity contribution is -0.307. The van der Waals surface area contributed by atoms with Crippen LogP contribution in [0.1, 0.15) is 22.8 Å². The Bertz CT molecular complexity index is 810. The SMILES string of the molecule is CCOc1cccc(/C=C/C(=O)c2cccc(OCC(=O)[O-])c2)c1OC. The molecule has 2 rings (SSSR count). The van der Waals surface area contributed by atoms with E-state index in [1.165, 1.54) is 19.3 Å². The van der Waals surface area contributed by atoms with Gasteiger partial charge in [-0.15, -0.1) is 0 Å². The van der Waals surface area contributed by atoms with Gasteiger partial charge in [0.05, 0.1) is 19.7 Å². The number of aliphatic carboxylic acids is 1. The Labute approximate surface area is 151 Å². The maximum absolute atomic E-state index is 12.4. The van der Waals surface area contributed by atoms with Crippen molar-refractivity contribution in [2.45, 2.75) is 6.92 Å². The van der Waals surface area contributed by atoms with Gasteiger partial charge in [-0.2, -0.15) is 0 Å². The van der Waals surface area contributed by atoms with Gasteiger partial charge >= 0.3 is 0 Å². The summed E-state index contributed by atoms with van der Waals surface area (Å²) in [6.45, 7) is 1.80. The third-order valence-corrected chi connectivity index (χ3v) is 3.40. The molecule has 0 saturated heterocycles. The van der Waals surface area contributed by atoms with Crippen LogP contribution in [-0.2, 0) is 4.79 Å². The Kier molecular flexibility index (Phi) is 6.79. The van der Waals surface area contributed by atoms with E-state index in [0.717, 1.165) is 0 Å². The lowest BCUT2D eigenvalue weighted by Crippen LogP contribution is -2.28. The van der Waals surface area contributed by atoms with Gasteiger partial charge in [0.15, 0.2) is 17.3 Å². The van der Waals surface area contributed by atoms with Crippen molar-refractivity contribution in [2.75, 3.05) is 20.3 Å². The number of rotatable bonds is 9. The van der Waals surface area contributed by atoms with E-state index in [1.54, 1.807) is 30.3 Å². The fourth-order valence-electron chi connectivity index (χ4n) is 2.29. The molecule has 0 amide bonds. The smallest absolute Gasteiger partial charge is 0.185 e. The van der Waals surface area contributed by atoms with Gasteiger partial charge in [0.1, 0.15) is 12.4 Å². The van der Waals surface area contributed by atoms with Crippen LogP contribution in [0.4, 0.5) is 0 Å². The van der Waals surface area contributed by atoms with Crippen LogP contribution in [0.25, 0.3) is 6.08 Å². The van der Waals surface area contributed by atoms with Gasteiger partial charge in [0.25, 0.3) is 0 Å². The molecule has 0 aliphatic carbocycles. The molecule has 0 aliphatic heterocycles. The fourth-order valence-corrected chi connectivity index (χ4v) is 2.29. The Morgan fingerprint density at radius 2 is 1.88 bits per heavy atom. The van der Waals surface area contributed by atoms with Crippen molar-refractivity contribution in [1.82, 2.24) is 0 Å². The summed E-state index contributed by atoms with van der Waals surface area (Å²) < 4.78 is 15.9. The molecular formula is C20H19O6-. The van der Waals surface area contributed by atoms with E-state index in [0.29, 0.717) is 29.2 Å². The fraction of sp³-hybridized carbons (Fsp3) is 0.200. The highest BCUT2D eigenvalue weighted by Gasteiger charge is 2.09. The molecule has 6 heteroatoms. The maximum Gasteiger partial charge on any atom is 0.185 e. The number of ketones is 1. The molecule has 2 aromatic rings. The van der Waals surface area contributed by atoms with Crippen LogP contribution < -0.4 is 19.3 Å². The second-order valence-electron chi connectivity index (χ2n) is 5.20. The number of hydrogen-bond acceptors (Lipinski definition) is 6. The third kappa shape index (κ3) is 5.11. The van der Waals surface area contributed by atoms with Crippen LogP contribution in [0.3, 0.4) is 0 Å². The van der Waals surface area contributed by atoms with E-state index in [2.05, 4.69) is 0 Å². The number of carbonyl (C=O) groups excluding carboxylic acids is 2. The van der Waals surface area contributed by atoms with Crippen molar-refractivity contribution < 1.29 is 28.9 Å². The van der Waals surface area contributed by atoms with E-state index in [4.69, 9.17) is 14.2 Å². The quantitative estimate of drug-likeness (QED) is 0.506. The van der Waals surface area contributed by atoms with Crippen molar-refractivity contribution in [1.29, 1.82) is 0 Å². The highest BCUT2D eigenvalue weighted by molar-refractivity contribution is 6.07. The number of para-hydroxylation sites is 1. The number of carboxylic acids is 1. The molecule has 0 unspecified atom stereocenters. The topological polar surface area (TPSA) is 84.9 Å². The highest BCUT2D eigenvalue weighted by Crippen LogP contribution is 2.32.